The highest BCUT2D eigenvalue weighted by Crippen LogP contribution is 2.19. The molecule has 0 aromatic heterocycles. The van der Waals surface area contributed by atoms with Crippen molar-refractivity contribution in [1.29, 1.82) is 0 Å². The van der Waals surface area contributed by atoms with E-state index in [0.29, 0.717) is 19.4 Å². The first kappa shape index (κ1) is 30.0. The zero-order valence-corrected chi connectivity index (χ0v) is 23.4. The third kappa shape index (κ3) is 8.42. The highest BCUT2D eigenvalue weighted by molar-refractivity contribution is 5.93. The molecule has 0 aliphatic rings. The normalized spacial score (nSPS) is 13.6. The molecule has 3 atom stereocenters. The lowest BCUT2D eigenvalue weighted by Gasteiger charge is -2.38. The van der Waals surface area contributed by atoms with Gasteiger partial charge in [0.25, 0.3) is 0 Å². The van der Waals surface area contributed by atoms with Crippen molar-refractivity contribution in [3.8, 4) is 0 Å². The molecule has 0 radical (unpaired) electrons. The van der Waals surface area contributed by atoms with E-state index in [9.17, 15) is 14.4 Å². The lowest BCUT2D eigenvalue weighted by Crippen LogP contribution is -2.59. The SMILES string of the molecule is CN[C@@H](Cc1ccccc1)C(=O)N(C)[C@H](C(=O)N(C)[C@H](C(=O)NCCc1ccccc1)C(C)C)C(C)C. The number of hydrogen-bond donors (Lipinski definition) is 2. The number of benzene rings is 2. The molecule has 2 aromatic rings. The average molecular weight is 509 g/mol. The van der Waals surface area contributed by atoms with Gasteiger partial charge in [0, 0.05) is 20.6 Å². The molecule has 0 saturated heterocycles. The Morgan fingerprint density at radius 1 is 0.730 bits per heavy atom. The number of hydrogen-bond acceptors (Lipinski definition) is 4. The van der Waals surface area contributed by atoms with Crippen molar-refractivity contribution >= 4 is 17.7 Å². The summed E-state index contributed by atoms with van der Waals surface area (Å²) in [5.41, 5.74) is 2.18. The van der Waals surface area contributed by atoms with Gasteiger partial charge in [-0.3, -0.25) is 14.4 Å². The van der Waals surface area contributed by atoms with E-state index < -0.39 is 18.1 Å². The van der Waals surface area contributed by atoms with Crippen molar-refractivity contribution in [2.45, 2.75) is 58.7 Å². The Balaban J connectivity index is 2.13. The van der Waals surface area contributed by atoms with Gasteiger partial charge in [-0.05, 0) is 42.9 Å². The van der Waals surface area contributed by atoms with Gasteiger partial charge in [-0.2, -0.15) is 0 Å². The van der Waals surface area contributed by atoms with E-state index in [0.717, 1.165) is 11.1 Å². The Morgan fingerprint density at radius 2 is 1.22 bits per heavy atom. The van der Waals surface area contributed by atoms with E-state index >= 15 is 0 Å². The number of carbonyl (C=O) groups is 3. The molecule has 7 heteroatoms. The largest absolute Gasteiger partial charge is 0.354 e. The van der Waals surface area contributed by atoms with Crippen molar-refractivity contribution in [3.05, 3.63) is 71.8 Å². The van der Waals surface area contributed by atoms with Gasteiger partial charge in [-0.15, -0.1) is 0 Å². The Kier molecular flexibility index (Phi) is 11.8. The van der Waals surface area contributed by atoms with Crippen LogP contribution in [0.4, 0.5) is 0 Å². The molecule has 37 heavy (non-hydrogen) atoms. The summed E-state index contributed by atoms with van der Waals surface area (Å²) in [7, 11) is 5.10. The average Bonchev–Trinajstić information content (AvgIpc) is 2.87. The van der Waals surface area contributed by atoms with Crippen LogP contribution in [0.2, 0.25) is 0 Å². The summed E-state index contributed by atoms with van der Waals surface area (Å²) >= 11 is 0. The maximum Gasteiger partial charge on any atom is 0.246 e. The summed E-state index contributed by atoms with van der Waals surface area (Å²) in [4.78, 5) is 43.5. The number of nitrogens with zero attached hydrogens (tertiary/aromatic N) is 2. The number of amides is 3. The van der Waals surface area contributed by atoms with Gasteiger partial charge >= 0.3 is 0 Å². The van der Waals surface area contributed by atoms with Gasteiger partial charge in [0.1, 0.15) is 12.1 Å². The fourth-order valence-corrected chi connectivity index (χ4v) is 4.79. The Labute approximate surface area is 222 Å². The maximum absolute atomic E-state index is 13.8. The second kappa shape index (κ2) is 14.5. The number of nitrogens with one attached hydrogen (secondary N) is 2. The second-order valence-electron chi connectivity index (χ2n) is 10.3. The zero-order valence-electron chi connectivity index (χ0n) is 23.4. The van der Waals surface area contributed by atoms with Gasteiger partial charge in [0.2, 0.25) is 17.7 Å². The van der Waals surface area contributed by atoms with Crippen molar-refractivity contribution in [2.24, 2.45) is 11.8 Å². The van der Waals surface area contributed by atoms with Crippen LogP contribution in [0.5, 0.6) is 0 Å². The lowest BCUT2D eigenvalue weighted by molar-refractivity contribution is -0.150. The zero-order chi connectivity index (χ0) is 27.5. The molecule has 0 bridgehead atoms. The third-order valence-corrected chi connectivity index (χ3v) is 6.80. The summed E-state index contributed by atoms with van der Waals surface area (Å²) in [5.74, 6) is -0.803. The third-order valence-electron chi connectivity index (χ3n) is 6.80. The minimum absolute atomic E-state index is 0.0948. The summed E-state index contributed by atoms with van der Waals surface area (Å²) in [6.45, 7) is 8.21. The smallest absolute Gasteiger partial charge is 0.246 e. The van der Waals surface area contributed by atoms with Crippen molar-refractivity contribution < 1.29 is 14.4 Å². The van der Waals surface area contributed by atoms with Crippen LogP contribution in [0.3, 0.4) is 0 Å². The van der Waals surface area contributed by atoms with Crippen molar-refractivity contribution in [2.75, 3.05) is 27.7 Å². The minimum atomic E-state index is -0.692. The number of likely N-dealkylation sites (N-methyl/N-ethyl adjacent to an activating group) is 3. The highest BCUT2D eigenvalue weighted by Gasteiger charge is 2.38. The molecule has 0 spiro atoms. The molecular formula is C30H44N4O3. The van der Waals surface area contributed by atoms with Crippen LogP contribution in [0, 0.1) is 11.8 Å². The van der Waals surface area contributed by atoms with E-state index in [1.54, 1.807) is 21.1 Å². The molecule has 0 unspecified atom stereocenters. The first-order valence-electron chi connectivity index (χ1n) is 13.1. The molecule has 0 heterocycles. The molecule has 202 valence electrons. The first-order chi connectivity index (χ1) is 17.6. The molecule has 2 N–H and O–H groups in total. The van der Waals surface area contributed by atoms with E-state index in [1.165, 1.54) is 9.80 Å². The van der Waals surface area contributed by atoms with Gasteiger partial charge in [0.05, 0.1) is 6.04 Å². The second-order valence-corrected chi connectivity index (χ2v) is 10.3. The molecule has 0 saturated carbocycles. The molecular weight excluding hydrogens is 464 g/mol. The van der Waals surface area contributed by atoms with Crippen LogP contribution in [0.25, 0.3) is 0 Å². The van der Waals surface area contributed by atoms with Crippen molar-refractivity contribution in [1.82, 2.24) is 20.4 Å². The number of rotatable bonds is 13. The Morgan fingerprint density at radius 3 is 1.70 bits per heavy atom. The molecule has 7 nitrogen and oxygen atoms in total. The number of carbonyl (C=O) groups excluding carboxylic acids is 3. The summed E-state index contributed by atoms with van der Waals surface area (Å²) in [6.07, 6.45) is 1.24. The van der Waals surface area contributed by atoms with Crippen LogP contribution in [0.1, 0.15) is 38.8 Å². The van der Waals surface area contributed by atoms with Gasteiger partial charge in [-0.1, -0.05) is 88.4 Å². The standard InChI is InChI=1S/C30H44N4O3/c1-21(2)26(28(35)32-19-18-23-14-10-8-11-15-23)33(6)30(37)27(22(3)4)34(7)29(36)25(31-5)20-24-16-12-9-13-17-24/h8-17,21-22,25-27,31H,18-20H2,1-7H3,(H,32,35)/t25-,26-,27-/m0/s1. The molecule has 2 aromatic carbocycles. The van der Waals surface area contributed by atoms with Crippen molar-refractivity contribution in [3.63, 3.8) is 0 Å². The highest BCUT2D eigenvalue weighted by atomic mass is 16.2. The topological polar surface area (TPSA) is 81.8 Å². The summed E-state index contributed by atoms with van der Waals surface area (Å²) in [5, 5.41) is 6.11. The van der Waals surface area contributed by atoms with E-state index in [-0.39, 0.29) is 29.6 Å². The summed E-state index contributed by atoms with van der Waals surface area (Å²) < 4.78 is 0. The van der Waals surface area contributed by atoms with Gasteiger partial charge in [-0.25, -0.2) is 0 Å². The van der Waals surface area contributed by atoms with Crippen LogP contribution in [-0.4, -0.2) is 73.3 Å². The molecule has 0 aliphatic carbocycles. The minimum Gasteiger partial charge on any atom is -0.354 e. The Hall–Kier alpha value is -3.19. The summed E-state index contributed by atoms with van der Waals surface area (Å²) in [6, 6.07) is 18.0. The van der Waals surface area contributed by atoms with Gasteiger partial charge in [0.15, 0.2) is 0 Å². The fourth-order valence-electron chi connectivity index (χ4n) is 4.79. The molecule has 0 aliphatic heterocycles. The van der Waals surface area contributed by atoms with Gasteiger partial charge < -0.3 is 20.4 Å². The quantitative estimate of drug-likeness (QED) is 0.436. The molecule has 3 amide bonds. The van der Waals surface area contributed by atoms with E-state index in [1.807, 2.05) is 88.4 Å². The van der Waals surface area contributed by atoms with Crippen LogP contribution >= 0.6 is 0 Å². The fraction of sp³-hybridized carbons (Fsp3) is 0.500. The van der Waals surface area contributed by atoms with Crippen LogP contribution in [-0.2, 0) is 27.2 Å². The predicted octanol–water partition coefficient (Wildman–Crippen LogP) is 3.14. The molecule has 2 rings (SSSR count). The van der Waals surface area contributed by atoms with E-state index in [2.05, 4.69) is 10.6 Å². The Bertz CT molecular complexity index is 994. The maximum atomic E-state index is 13.8. The predicted molar refractivity (Wildman–Crippen MR) is 149 cm³/mol. The van der Waals surface area contributed by atoms with Crippen LogP contribution in [0.15, 0.2) is 60.7 Å². The first-order valence-corrected chi connectivity index (χ1v) is 13.1. The van der Waals surface area contributed by atoms with Crippen LogP contribution < -0.4 is 10.6 Å². The lowest BCUT2D eigenvalue weighted by atomic mass is 9.96. The molecule has 0 fully saturated rings. The van der Waals surface area contributed by atoms with E-state index in [4.69, 9.17) is 0 Å². The monoisotopic (exact) mass is 508 g/mol.